The van der Waals surface area contributed by atoms with Gasteiger partial charge < -0.3 is 16.0 Å². The zero-order chi connectivity index (χ0) is 17.0. The summed E-state index contributed by atoms with van der Waals surface area (Å²) >= 11 is 5.21. The van der Waals surface area contributed by atoms with Crippen LogP contribution >= 0.6 is 12.2 Å². The highest BCUT2D eigenvalue weighted by atomic mass is 32.1. The molecule has 0 aliphatic carbocycles. The van der Waals surface area contributed by atoms with Crippen molar-refractivity contribution < 1.29 is 4.79 Å². The van der Waals surface area contributed by atoms with Gasteiger partial charge >= 0.3 is 0 Å². The molecule has 0 bridgehead atoms. The van der Waals surface area contributed by atoms with Crippen molar-refractivity contribution in [1.82, 2.24) is 9.97 Å². The van der Waals surface area contributed by atoms with Gasteiger partial charge in [-0.05, 0) is 31.2 Å². The van der Waals surface area contributed by atoms with Crippen molar-refractivity contribution in [3.05, 3.63) is 48.8 Å². The quantitative estimate of drug-likeness (QED) is 0.499. The molecular weight excluding hydrogens is 310 g/mol. The zero-order valence-electron chi connectivity index (χ0n) is 12.9. The Morgan fingerprint density at radius 1 is 1.43 bits per heavy atom. The van der Waals surface area contributed by atoms with Crippen LogP contribution < -0.4 is 16.0 Å². The number of carbonyl (C=O) groups excluding carboxylic acids is 1. The Bertz CT molecular complexity index is 775. The number of anilines is 4. The number of nitrogens with zero attached hydrogens (tertiary/aromatic N) is 3. The van der Waals surface area contributed by atoms with E-state index in [1.807, 2.05) is 24.3 Å². The van der Waals surface area contributed by atoms with E-state index >= 15 is 0 Å². The molecule has 1 amide bonds. The van der Waals surface area contributed by atoms with Gasteiger partial charge in [0, 0.05) is 23.3 Å². The number of nitrogens with two attached hydrogens (primary N) is 1. The summed E-state index contributed by atoms with van der Waals surface area (Å²) in [6, 6.07) is 7.34. The van der Waals surface area contributed by atoms with Gasteiger partial charge in [-0.2, -0.15) is 0 Å². The lowest BCUT2D eigenvalue weighted by molar-refractivity contribution is -0.113. The van der Waals surface area contributed by atoms with Crippen LogP contribution in [0.25, 0.3) is 0 Å². The van der Waals surface area contributed by atoms with Crippen LogP contribution in [0.5, 0.6) is 0 Å². The lowest BCUT2D eigenvalue weighted by Gasteiger charge is -2.17. The Morgan fingerprint density at radius 2 is 2.17 bits per heavy atom. The van der Waals surface area contributed by atoms with Gasteiger partial charge in [-0.1, -0.05) is 24.9 Å². The largest absolute Gasteiger partial charge is 0.383 e. The Balaban J connectivity index is 2.35. The fourth-order valence-corrected chi connectivity index (χ4v) is 2.24. The molecule has 0 unspecified atom stereocenters. The minimum absolute atomic E-state index is 0.191. The molecule has 0 aliphatic rings. The number of hydrogen-bond acceptors (Lipinski definition) is 6. The van der Waals surface area contributed by atoms with Gasteiger partial charge in [0.2, 0.25) is 5.91 Å². The topological polar surface area (TPSA) is 84.1 Å². The van der Waals surface area contributed by atoms with E-state index in [1.165, 1.54) is 17.3 Å². The predicted molar refractivity (Wildman–Crippen MR) is 97.2 cm³/mol. The normalized spacial score (nSPS) is 10.0. The number of likely N-dealkylation sites (N-methyl/N-ethyl adjacent to an activating group) is 1. The first-order valence-electron chi connectivity index (χ1n) is 6.82. The van der Waals surface area contributed by atoms with Crippen molar-refractivity contribution >= 4 is 46.0 Å². The maximum atomic E-state index is 11.7. The van der Waals surface area contributed by atoms with Crippen molar-refractivity contribution in [2.45, 2.75) is 6.92 Å². The molecule has 1 aromatic heterocycles. The molecule has 3 N–H and O–H groups in total. The third-order valence-corrected chi connectivity index (χ3v) is 3.43. The van der Waals surface area contributed by atoms with Crippen LogP contribution in [0.2, 0.25) is 0 Å². The van der Waals surface area contributed by atoms with Crippen LogP contribution in [0, 0.1) is 0 Å². The molecule has 1 heterocycles. The summed E-state index contributed by atoms with van der Waals surface area (Å²) in [5.74, 6) is 0.661. The summed E-state index contributed by atoms with van der Waals surface area (Å²) in [4.78, 5) is 22.0. The van der Waals surface area contributed by atoms with Crippen molar-refractivity contribution in [3.63, 3.8) is 0 Å². The average molecular weight is 327 g/mol. The van der Waals surface area contributed by atoms with Crippen molar-refractivity contribution in [3.8, 4) is 0 Å². The van der Waals surface area contributed by atoms with E-state index in [2.05, 4.69) is 21.9 Å². The monoisotopic (exact) mass is 327 g/mol. The van der Waals surface area contributed by atoms with E-state index in [9.17, 15) is 4.79 Å². The summed E-state index contributed by atoms with van der Waals surface area (Å²) < 4.78 is 0. The molecule has 0 atom stereocenters. The van der Waals surface area contributed by atoms with Crippen LogP contribution in [0.3, 0.4) is 0 Å². The standard InChI is InChI=1S/C16H17N5OS/c1-4-13(22)21(3)12-7-5-6-11(8-12)20-16-14(10(2)23)15(17)18-9-19-16/h4-9H,1H2,2-3H3,(H3,17,18,19,20). The Labute approximate surface area is 140 Å². The number of thiocarbonyl (C=S) groups is 1. The number of carbonyl (C=O) groups is 1. The highest BCUT2D eigenvalue weighted by Crippen LogP contribution is 2.25. The van der Waals surface area contributed by atoms with Crippen molar-refractivity contribution in [2.24, 2.45) is 0 Å². The Morgan fingerprint density at radius 3 is 2.83 bits per heavy atom. The molecule has 23 heavy (non-hydrogen) atoms. The van der Waals surface area contributed by atoms with E-state index < -0.39 is 0 Å². The summed E-state index contributed by atoms with van der Waals surface area (Å²) in [6.45, 7) is 5.25. The maximum Gasteiger partial charge on any atom is 0.250 e. The average Bonchev–Trinajstić information content (AvgIpc) is 2.53. The molecule has 118 valence electrons. The minimum atomic E-state index is -0.191. The Kier molecular flexibility index (Phi) is 5.02. The first-order chi connectivity index (χ1) is 10.9. The van der Waals surface area contributed by atoms with Gasteiger partial charge in [0.1, 0.15) is 18.0 Å². The van der Waals surface area contributed by atoms with E-state index in [4.69, 9.17) is 18.0 Å². The summed E-state index contributed by atoms with van der Waals surface area (Å²) in [7, 11) is 1.68. The molecule has 0 saturated carbocycles. The van der Waals surface area contributed by atoms with Gasteiger partial charge in [0.05, 0.1) is 5.56 Å². The van der Waals surface area contributed by atoms with Gasteiger partial charge in [-0.15, -0.1) is 0 Å². The second-order valence-electron chi connectivity index (χ2n) is 4.82. The van der Waals surface area contributed by atoms with Gasteiger partial charge in [0.15, 0.2) is 0 Å². The smallest absolute Gasteiger partial charge is 0.250 e. The number of hydrogen-bond donors (Lipinski definition) is 2. The Hall–Kier alpha value is -2.80. The molecule has 7 heteroatoms. The van der Waals surface area contributed by atoms with Crippen molar-refractivity contribution in [1.29, 1.82) is 0 Å². The molecule has 0 fully saturated rings. The second kappa shape index (κ2) is 6.97. The first-order valence-corrected chi connectivity index (χ1v) is 7.23. The third kappa shape index (κ3) is 3.70. The molecule has 2 rings (SSSR count). The van der Waals surface area contributed by atoms with Crippen LogP contribution in [0.15, 0.2) is 43.2 Å². The number of nitrogen functional groups attached to an aromatic ring is 1. The number of aromatic nitrogens is 2. The summed E-state index contributed by atoms with van der Waals surface area (Å²) in [5.41, 5.74) is 7.95. The zero-order valence-corrected chi connectivity index (χ0v) is 13.7. The van der Waals surface area contributed by atoms with Gasteiger partial charge in [0.25, 0.3) is 0 Å². The molecule has 6 nitrogen and oxygen atoms in total. The van der Waals surface area contributed by atoms with Gasteiger partial charge in [-0.25, -0.2) is 9.97 Å². The fraction of sp³-hybridized carbons (Fsp3) is 0.125. The first kappa shape index (κ1) is 16.6. The van der Waals surface area contributed by atoms with Crippen molar-refractivity contribution in [2.75, 3.05) is 23.0 Å². The lowest BCUT2D eigenvalue weighted by atomic mass is 10.2. The molecule has 0 spiro atoms. The molecular formula is C16H17N5OS. The summed E-state index contributed by atoms with van der Waals surface area (Å²) in [5, 5.41) is 3.16. The number of rotatable bonds is 5. The SMILES string of the molecule is C=CC(=O)N(C)c1cccc(Nc2ncnc(N)c2C(C)=S)c1. The molecule has 2 aromatic rings. The molecule has 0 saturated heterocycles. The van der Waals surface area contributed by atoms with Crippen LogP contribution in [0.1, 0.15) is 12.5 Å². The van der Waals surface area contributed by atoms with Gasteiger partial charge in [-0.3, -0.25) is 4.79 Å². The number of benzene rings is 1. The predicted octanol–water partition coefficient (Wildman–Crippen LogP) is 2.69. The third-order valence-electron chi connectivity index (χ3n) is 3.23. The minimum Gasteiger partial charge on any atom is -0.383 e. The number of nitrogens with one attached hydrogen (secondary N) is 1. The molecule has 0 radical (unpaired) electrons. The van der Waals surface area contributed by atoms with Crippen LogP contribution in [-0.4, -0.2) is 27.8 Å². The van der Waals surface area contributed by atoms with Crippen LogP contribution in [-0.2, 0) is 4.79 Å². The second-order valence-corrected chi connectivity index (χ2v) is 5.43. The maximum absolute atomic E-state index is 11.7. The van der Waals surface area contributed by atoms with E-state index in [1.54, 1.807) is 14.0 Å². The highest BCUT2D eigenvalue weighted by molar-refractivity contribution is 7.80. The van der Waals surface area contributed by atoms with E-state index in [-0.39, 0.29) is 5.91 Å². The van der Waals surface area contributed by atoms with Crippen LogP contribution in [0.4, 0.5) is 23.0 Å². The van der Waals surface area contributed by atoms with E-state index in [0.29, 0.717) is 22.1 Å². The summed E-state index contributed by atoms with van der Waals surface area (Å²) in [6.07, 6.45) is 2.63. The number of amides is 1. The molecule has 0 aliphatic heterocycles. The highest BCUT2D eigenvalue weighted by Gasteiger charge is 2.12. The fourth-order valence-electron chi connectivity index (χ4n) is 2.03. The van der Waals surface area contributed by atoms with E-state index in [0.717, 1.165) is 11.4 Å². The lowest BCUT2D eigenvalue weighted by Crippen LogP contribution is -2.23. The molecule has 1 aromatic carbocycles.